The van der Waals surface area contributed by atoms with Gasteiger partial charge in [0.15, 0.2) is 6.29 Å². The van der Waals surface area contributed by atoms with E-state index in [4.69, 9.17) is 4.74 Å². The first kappa shape index (κ1) is 11.3. The smallest absolute Gasteiger partial charge is 0.221 e. The van der Waals surface area contributed by atoms with Gasteiger partial charge in [-0.15, -0.1) is 0 Å². The molecule has 0 spiro atoms. The predicted molar refractivity (Wildman–Crippen MR) is 61.6 cm³/mol. The largest absolute Gasteiger partial charge is 0.481 e. The summed E-state index contributed by atoms with van der Waals surface area (Å²) < 4.78 is 18.2. The third-order valence-electron chi connectivity index (χ3n) is 2.34. The average molecular weight is 231 g/mol. The Morgan fingerprint density at radius 3 is 2.82 bits per heavy atom. The van der Waals surface area contributed by atoms with Crippen LogP contribution in [-0.2, 0) is 0 Å². The molecular weight excluding hydrogens is 221 g/mol. The number of aldehydes is 1. The first-order valence-corrected chi connectivity index (χ1v) is 4.99. The maximum atomic E-state index is 13.1. The van der Waals surface area contributed by atoms with E-state index >= 15 is 0 Å². The summed E-state index contributed by atoms with van der Waals surface area (Å²) >= 11 is 0. The van der Waals surface area contributed by atoms with Gasteiger partial charge in [-0.3, -0.25) is 4.79 Å². The van der Waals surface area contributed by atoms with Gasteiger partial charge in [0.2, 0.25) is 5.88 Å². The van der Waals surface area contributed by atoms with Crippen LogP contribution in [0.15, 0.2) is 36.5 Å². The van der Waals surface area contributed by atoms with Crippen LogP contribution in [0.5, 0.6) is 5.88 Å². The van der Waals surface area contributed by atoms with E-state index in [0.717, 1.165) is 0 Å². The second kappa shape index (κ2) is 4.74. The van der Waals surface area contributed by atoms with Crippen LogP contribution in [0.1, 0.15) is 10.4 Å². The molecule has 0 N–H and O–H groups in total. The maximum Gasteiger partial charge on any atom is 0.221 e. The van der Waals surface area contributed by atoms with Gasteiger partial charge >= 0.3 is 0 Å². The lowest BCUT2D eigenvalue weighted by molar-refractivity contribution is 0.112. The minimum absolute atomic E-state index is 0.346. The Morgan fingerprint density at radius 2 is 2.18 bits per heavy atom. The summed E-state index contributed by atoms with van der Waals surface area (Å²) in [7, 11) is 1.48. The summed E-state index contributed by atoms with van der Waals surface area (Å²) in [5, 5.41) is 0. The summed E-state index contributed by atoms with van der Waals surface area (Å²) in [5.74, 6) is 0.0160. The zero-order chi connectivity index (χ0) is 12.3. The van der Waals surface area contributed by atoms with Crippen LogP contribution in [0.25, 0.3) is 11.1 Å². The molecule has 0 saturated carbocycles. The van der Waals surface area contributed by atoms with Crippen molar-refractivity contribution in [2.24, 2.45) is 0 Å². The molecule has 1 aromatic carbocycles. The molecule has 0 amide bonds. The highest BCUT2D eigenvalue weighted by Crippen LogP contribution is 2.28. The number of rotatable bonds is 3. The van der Waals surface area contributed by atoms with Gasteiger partial charge in [0, 0.05) is 17.3 Å². The van der Waals surface area contributed by atoms with Crippen LogP contribution >= 0.6 is 0 Å². The van der Waals surface area contributed by atoms with Crippen molar-refractivity contribution in [2.45, 2.75) is 0 Å². The predicted octanol–water partition coefficient (Wildman–Crippen LogP) is 2.71. The van der Waals surface area contributed by atoms with Crippen molar-refractivity contribution >= 4 is 6.29 Å². The first-order valence-electron chi connectivity index (χ1n) is 4.99. The Kier molecular flexibility index (Phi) is 3.14. The molecule has 0 radical (unpaired) electrons. The van der Waals surface area contributed by atoms with Gasteiger partial charge in [-0.25, -0.2) is 9.37 Å². The number of benzene rings is 1. The van der Waals surface area contributed by atoms with Crippen molar-refractivity contribution in [3.05, 3.63) is 47.9 Å². The van der Waals surface area contributed by atoms with E-state index in [9.17, 15) is 9.18 Å². The molecule has 0 aliphatic carbocycles. The molecule has 86 valence electrons. The second-order valence-corrected chi connectivity index (χ2v) is 3.45. The monoisotopic (exact) mass is 231 g/mol. The van der Waals surface area contributed by atoms with E-state index in [2.05, 4.69) is 4.98 Å². The van der Waals surface area contributed by atoms with Gasteiger partial charge < -0.3 is 4.74 Å². The van der Waals surface area contributed by atoms with Crippen molar-refractivity contribution < 1.29 is 13.9 Å². The SMILES string of the molecule is COc1ncc(C=O)cc1-c1cccc(F)c1. The number of carbonyl (C=O) groups is 1. The summed E-state index contributed by atoms with van der Waals surface area (Å²) in [6.07, 6.45) is 2.10. The van der Waals surface area contributed by atoms with E-state index in [-0.39, 0.29) is 5.82 Å². The average Bonchev–Trinajstić information content (AvgIpc) is 2.38. The minimum atomic E-state index is -0.346. The van der Waals surface area contributed by atoms with E-state index in [1.807, 2.05) is 0 Å². The third kappa shape index (κ3) is 2.30. The van der Waals surface area contributed by atoms with Gasteiger partial charge in [0.05, 0.1) is 7.11 Å². The fourth-order valence-electron chi connectivity index (χ4n) is 1.56. The maximum absolute atomic E-state index is 13.1. The zero-order valence-electron chi connectivity index (χ0n) is 9.18. The molecule has 0 atom stereocenters. The molecule has 2 rings (SSSR count). The quantitative estimate of drug-likeness (QED) is 0.762. The van der Waals surface area contributed by atoms with Gasteiger partial charge in [-0.1, -0.05) is 12.1 Å². The Hall–Kier alpha value is -2.23. The lowest BCUT2D eigenvalue weighted by Crippen LogP contribution is -1.94. The van der Waals surface area contributed by atoms with E-state index in [1.165, 1.54) is 25.4 Å². The number of pyridine rings is 1. The Morgan fingerprint density at radius 1 is 1.35 bits per heavy atom. The van der Waals surface area contributed by atoms with E-state index < -0.39 is 0 Å². The van der Waals surface area contributed by atoms with Gasteiger partial charge in [-0.2, -0.15) is 0 Å². The third-order valence-corrected chi connectivity index (χ3v) is 2.34. The number of aromatic nitrogens is 1. The molecule has 0 fully saturated rings. The standard InChI is InChI=1S/C13H10FNO2/c1-17-13-12(5-9(8-16)7-15-13)10-3-2-4-11(14)6-10/h2-8H,1H3. The Labute approximate surface area is 97.9 Å². The molecule has 17 heavy (non-hydrogen) atoms. The van der Waals surface area contributed by atoms with Crippen molar-refractivity contribution in [1.82, 2.24) is 4.98 Å². The van der Waals surface area contributed by atoms with Crippen molar-refractivity contribution in [3.63, 3.8) is 0 Å². The highest BCUT2D eigenvalue weighted by atomic mass is 19.1. The Balaban J connectivity index is 2.59. The van der Waals surface area contributed by atoms with Gasteiger partial charge in [0.25, 0.3) is 0 Å². The van der Waals surface area contributed by atoms with Crippen LogP contribution in [0, 0.1) is 5.82 Å². The molecule has 2 aromatic rings. The van der Waals surface area contributed by atoms with Crippen molar-refractivity contribution in [1.29, 1.82) is 0 Å². The van der Waals surface area contributed by atoms with Crippen LogP contribution in [0.2, 0.25) is 0 Å². The van der Waals surface area contributed by atoms with Crippen LogP contribution in [0.4, 0.5) is 4.39 Å². The lowest BCUT2D eigenvalue weighted by Gasteiger charge is -2.07. The van der Waals surface area contributed by atoms with Gasteiger partial charge in [0.1, 0.15) is 5.82 Å². The molecule has 0 aliphatic heterocycles. The molecule has 0 aliphatic rings. The molecule has 1 heterocycles. The fourth-order valence-corrected chi connectivity index (χ4v) is 1.56. The molecule has 0 saturated heterocycles. The van der Waals surface area contributed by atoms with Crippen molar-refractivity contribution in [2.75, 3.05) is 7.11 Å². The minimum Gasteiger partial charge on any atom is -0.481 e. The van der Waals surface area contributed by atoms with Crippen molar-refractivity contribution in [3.8, 4) is 17.0 Å². The van der Waals surface area contributed by atoms with Gasteiger partial charge in [-0.05, 0) is 23.8 Å². The zero-order valence-corrected chi connectivity index (χ0v) is 9.18. The fraction of sp³-hybridized carbons (Fsp3) is 0.0769. The number of halogens is 1. The highest BCUT2D eigenvalue weighted by molar-refractivity contribution is 5.80. The second-order valence-electron chi connectivity index (χ2n) is 3.45. The topological polar surface area (TPSA) is 39.2 Å². The van der Waals surface area contributed by atoms with E-state index in [0.29, 0.717) is 28.9 Å². The Bertz CT molecular complexity index is 555. The van der Waals surface area contributed by atoms with Crippen LogP contribution < -0.4 is 4.74 Å². The lowest BCUT2D eigenvalue weighted by atomic mass is 10.1. The summed E-state index contributed by atoms with van der Waals surface area (Å²) in [4.78, 5) is 14.7. The summed E-state index contributed by atoms with van der Waals surface area (Å²) in [5.41, 5.74) is 1.64. The number of methoxy groups -OCH3 is 1. The molecule has 4 heteroatoms. The normalized spacial score (nSPS) is 10.0. The molecule has 0 unspecified atom stereocenters. The molecule has 1 aromatic heterocycles. The highest BCUT2D eigenvalue weighted by Gasteiger charge is 2.09. The van der Waals surface area contributed by atoms with Crippen LogP contribution in [-0.4, -0.2) is 18.4 Å². The summed E-state index contributed by atoms with van der Waals surface area (Å²) in [6, 6.07) is 7.67. The number of hydrogen-bond donors (Lipinski definition) is 0. The van der Waals surface area contributed by atoms with Crippen LogP contribution in [0.3, 0.4) is 0 Å². The molecule has 3 nitrogen and oxygen atoms in total. The first-order chi connectivity index (χ1) is 8.24. The number of carbonyl (C=O) groups excluding carboxylic acids is 1. The molecular formula is C13H10FNO2. The number of nitrogens with zero attached hydrogens (tertiary/aromatic N) is 1. The van der Waals surface area contributed by atoms with E-state index in [1.54, 1.807) is 18.2 Å². The molecule has 0 bridgehead atoms. The number of ether oxygens (including phenoxy) is 1. The number of hydrogen-bond acceptors (Lipinski definition) is 3. The summed E-state index contributed by atoms with van der Waals surface area (Å²) in [6.45, 7) is 0.